The number of amides is 1. The maximum atomic E-state index is 12.7. The topological polar surface area (TPSA) is 69.6 Å². The molecule has 2 heterocycles. The molecular formula is C22H19ClN2O4. The van der Waals surface area contributed by atoms with E-state index in [-0.39, 0.29) is 11.5 Å². The Labute approximate surface area is 172 Å². The third-order valence-corrected chi connectivity index (χ3v) is 4.92. The van der Waals surface area contributed by atoms with Crippen LogP contribution in [0.15, 0.2) is 65.6 Å². The van der Waals surface area contributed by atoms with Gasteiger partial charge in [-0.3, -0.25) is 9.59 Å². The molecule has 0 saturated heterocycles. The van der Waals surface area contributed by atoms with Gasteiger partial charge in [-0.25, -0.2) is 0 Å². The molecule has 1 aliphatic heterocycles. The fourth-order valence-electron chi connectivity index (χ4n) is 3.05. The van der Waals surface area contributed by atoms with Crippen LogP contribution in [0.25, 0.3) is 0 Å². The Kier molecular flexibility index (Phi) is 5.53. The Morgan fingerprint density at radius 3 is 2.66 bits per heavy atom. The first-order valence-corrected chi connectivity index (χ1v) is 9.63. The Morgan fingerprint density at radius 1 is 1.03 bits per heavy atom. The maximum Gasteiger partial charge on any atom is 0.255 e. The van der Waals surface area contributed by atoms with Crippen molar-refractivity contribution in [1.82, 2.24) is 4.57 Å². The first-order chi connectivity index (χ1) is 14.1. The summed E-state index contributed by atoms with van der Waals surface area (Å²) < 4.78 is 12.7. The van der Waals surface area contributed by atoms with E-state index < -0.39 is 0 Å². The van der Waals surface area contributed by atoms with Crippen LogP contribution in [0.2, 0.25) is 5.02 Å². The van der Waals surface area contributed by atoms with E-state index in [1.807, 2.05) is 18.2 Å². The van der Waals surface area contributed by atoms with Crippen molar-refractivity contribution >= 4 is 23.2 Å². The largest absolute Gasteiger partial charge is 0.490 e. The predicted molar refractivity (Wildman–Crippen MR) is 111 cm³/mol. The molecule has 1 amide bonds. The molecule has 6 nitrogen and oxygen atoms in total. The lowest BCUT2D eigenvalue weighted by Gasteiger charge is -2.12. The van der Waals surface area contributed by atoms with Gasteiger partial charge in [0.25, 0.3) is 11.5 Å². The van der Waals surface area contributed by atoms with Gasteiger partial charge < -0.3 is 19.4 Å². The Hall–Kier alpha value is -3.25. The molecule has 29 heavy (non-hydrogen) atoms. The average Bonchev–Trinajstić information content (AvgIpc) is 2.97. The number of benzene rings is 2. The van der Waals surface area contributed by atoms with Gasteiger partial charge in [-0.2, -0.15) is 0 Å². The number of ether oxygens (including phenoxy) is 2. The molecule has 0 saturated carbocycles. The summed E-state index contributed by atoms with van der Waals surface area (Å²) in [6, 6.07) is 15.4. The summed E-state index contributed by atoms with van der Waals surface area (Å²) in [5.41, 5.74) is 1.59. The van der Waals surface area contributed by atoms with Crippen LogP contribution in [0.1, 0.15) is 22.3 Å². The molecule has 0 radical (unpaired) electrons. The lowest BCUT2D eigenvalue weighted by Crippen LogP contribution is -2.21. The van der Waals surface area contributed by atoms with Crippen LogP contribution in [0.5, 0.6) is 11.5 Å². The maximum absolute atomic E-state index is 12.7. The van der Waals surface area contributed by atoms with Crippen LogP contribution in [-0.4, -0.2) is 23.7 Å². The fraction of sp³-hybridized carbons (Fsp3) is 0.182. The SMILES string of the molecule is O=C(Nc1ccc(=O)n(Cc2ccccc2Cl)c1)c1ccc2c(c1)OCCCO2. The van der Waals surface area contributed by atoms with Gasteiger partial charge in [0.1, 0.15) is 0 Å². The average molecular weight is 411 g/mol. The third kappa shape index (κ3) is 4.43. The van der Waals surface area contributed by atoms with Gasteiger partial charge in [0.15, 0.2) is 11.5 Å². The van der Waals surface area contributed by atoms with E-state index in [9.17, 15) is 9.59 Å². The number of halogens is 1. The van der Waals surface area contributed by atoms with Crippen LogP contribution in [0.3, 0.4) is 0 Å². The second kappa shape index (κ2) is 8.41. The van der Waals surface area contributed by atoms with Crippen LogP contribution in [0, 0.1) is 0 Å². The molecule has 3 aromatic rings. The molecule has 0 aliphatic carbocycles. The molecule has 7 heteroatoms. The summed E-state index contributed by atoms with van der Waals surface area (Å²) in [4.78, 5) is 24.9. The van der Waals surface area contributed by atoms with Gasteiger partial charge in [-0.05, 0) is 35.9 Å². The highest BCUT2D eigenvalue weighted by Gasteiger charge is 2.14. The summed E-state index contributed by atoms with van der Waals surface area (Å²) in [5, 5.41) is 3.40. The molecule has 4 rings (SSSR count). The molecule has 1 aliphatic rings. The third-order valence-electron chi connectivity index (χ3n) is 4.55. The number of hydrogen-bond donors (Lipinski definition) is 1. The van der Waals surface area contributed by atoms with Gasteiger partial charge in [0, 0.05) is 29.3 Å². The van der Waals surface area contributed by atoms with Crippen LogP contribution in [-0.2, 0) is 6.54 Å². The number of anilines is 1. The van der Waals surface area contributed by atoms with E-state index >= 15 is 0 Å². The number of fused-ring (bicyclic) bond motifs is 1. The summed E-state index contributed by atoms with van der Waals surface area (Å²) >= 11 is 6.19. The Balaban J connectivity index is 1.54. The normalized spacial score (nSPS) is 12.9. The monoisotopic (exact) mass is 410 g/mol. The Bertz CT molecular complexity index is 1110. The van der Waals surface area contributed by atoms with Crippen LogP contribution in [0.4, 0.5) is 5.69 Å². The molecule has 2 aromatic carbocycles. The van der Waals surface area contributed by atoms with Gasteiger partial charge in [-0.1, -0.05) is 29.8 Å². The zero-order valence-electron chi connectivity index (χ0n) is 15.6. The molecule has 0 fully saturated rings. The Morgan fingerprint density at radius 2 is 1.83 bits per heavy atom. The van der Waals surface area contributed by atoms with Gasteiger partial charge in [-0.15, -0.1) is 0 Å². The fourth-order valence-corrected chi connectivity index (χ4v) is 3.24. The zero-order valence-corrected chi connectivity index (χ0v) is 16.3. The molecular weight excluding hydrogens is 392 g/mol. The molecule has 1 aromatic heterocycles. The number of rotatable bonds is 4. The van der Waals surface area contributed by atoms with E-state index in [1.54, 1.807) is 36.5 Å². The minimum atomic E-state index is -0.302. The van der Waals surface area contributed by atoms with Crippen molar-refractivity contribution in [2.75, 3.05) is 18.5 Å². The van der Waals surface area contributed by atoms with Crippen molar-refractivity contribution in [3.8, 4) is 11.5 Å². The molecule has 0 atom stereocenters. The van der Waals surface area contributed by atoms with E-state index in [0.29, 0.717) is 47.5 Å². The molecule has 0 bridgehead atoms. The van der Waals surface area contributed by atoms with E-state index in [4.69, 9.17) is 21.1 Å². The summed E-state index contributed by atoms with van der Waals surface area (Å²) in [7, 11) is 0. The number of pyridine rings is 1. The highest BCUT2D eigenvalue weighted by Crippen LogP contribution is 2.30. The molecule has 0 spiro atoms. The highest BCUT2D eigenvalue weighted by atomic mass is 35.5. The van der Waals surface area contributed by atoms with Crippen LogP contribution < -0.4 is 20.3 Å². The van der Waals surface area contributed by atoms with E-state index in [0.717, 1.165) is 12.0 Å². The smallest absolute Gasteiger partial charge is 0.255 e. The standard InChI is InChI=1S/C22H19ClN2O4/c23-18-5-2-1-4-16(18)13-25-14-17(7-9-21(25)26)24-22(27)15-6-8-19-20(12-15)29-11-3-10-28-19/h1-2,4-9,12,14H,3,10-11,13H2,(H,24,27). The van der Waals surface area contributed by atoms with Crippen molar-refractivity contribution in [1.29, 1.82) is 0 Å². The van der Waals surface area contributed by atoms with Gasteiger partial charge in [0.05, 0.1) is 25.4 Å². The minimum absolute atomic E-state index is 0.182. The lowest BCUT2D eigenvalue weighted by atomic mass is 10.2. The number of carbonyl (C=O) groups excluding carboxylic acids is 1. The minimum Gasteiger partial charge on any atom is -0.490 e. The van der Waals surface area contributed by atoms with E-state index in [1.165, 1.54) is 10.6 Å². The van der Waals surface area contributed by atoms with Gasteiger partial charge in [0.2, 0.25) is 0 Å². The number of nitrogens with one attached hydrogen (secondary N) is 1. The lowest BCUT2D eigenvalue weighted by molar-refractivity contribution is 0.102. The molecule has 0 unspecified atom stereocenters. The molecule has 1 N–H and O–H groups in total. The molecule has 148 valence electrons. The van der Waals surface area contributed by atoms with Crippen LogP contribution >= 0.6 is 11.6 Å². The second-order valence-electron chi connectivity index (χ2n) is 6.64. The number of hydrogen-bond acceptors (Lipinski definition) is 4. The van der Waals surface area contributed by atoms with Crippen molar-refractivity contribution in [2.45, 2.75) is 13.0 Å². The second-order valence-corrected chi connectivity index (χ2v) is 7.05. The number of nitrogens with zero attached hydrogens (tertiary/aromatic N) is 1. The first-order valence-electron chi connectivity index (χ1n) is 9.25. The van der Waals surface area contributed by atoms with Crippen molar-refractivity contribution in [3.05, 3.63) is 87.3 Å². The van der Waals surface area contributed by atoms with Crippen molar-refractivity contribution in [2.24, 2.45) is 0 Å². The highest BCUT2D eigenvalue weighted by molar-refractivity contribution is 6.31. The van der Waals surface area contributed by atoms with Gasteiger partial charge >= 0.3 is 0 Å². The van der Waals surface area contributed by atoms with E-state index in [2.05, 4.69) is 5.32 Å². The van der Waals surface area contributed by atoms with Crippen molar-refractivity contribution in [3.63, 3.8) is 0 Å². The predicted octanol–water partition coefficient (Wildman–Crippen LogP) is 3.96. The number of aromatic nitrogens is 1. The zero-order chi connectivity index (χ0) is 20.2. The summed E-state index contributed by atoms with van der Waals surface area (Å²) in [5.74, 6) is 0.884. The number of carbonyl (C=O) groups is 1. The summed E-state index contributed by atoms with van der Waals surface area (Å²) in [6.07, 6.45) is 2.40. The first kappa shape index (κ1) is 19.1. The van der Waals surface area contributed by atoms with Crippen molar-refractivity contribution < 1.29 is 14.3 Å². The summed E-state index contributed by atoms with van der Waals surface area (Å²) in [6.45, 7) is 1.45. The quantitative estimate of drug-likeness (QED) is 0.706.